The van der Waals surface area contributed by atoms with E-state index in [1.165, 1.54) is 4.90 Å². The van der Waals surface area contributed by atoms with Crippen LogP contribution in [-0.2, 0) is 20.8 Å². The number of aryl methyl sites for hydroxylation is 1. The van der Waals surface area contributed by atoms with Crippen molar-refractivity contribution in [3.63, 3.8) is 0 Å². The van der Waals surface area contributed by atoms with Crippen LogP contribution in [0.2, 0.25) is 0 Å². The Morgan fingerprint density at radius 2 is 1.97 bits per heavy atom. The van der Waals surface area contributed by atoms with Crippen LogP contribution in [0.1, 0.15) is 36.8 Å². The van der Waals surface area contributed by atoms with Gasteiger partial charge in [0.1, 0.15) is 0 Å². The van der Waals surface area contributed by atoms with Crippen molar-refractivity contribution in [2.45, 2.75) is 51.0 Å². The third-order valence-corrected chi connectivity index (χ3v) is 7.52. The average molecular weight is 459 g/mol. The Balaban J connectivity index is 1.50. The van der Waals surface area contributed by atoms with Gasteiger partial charge in [0, 0.05) is 38.5 Å². The van der Waals surface area contributed by atoms with Crippen LogP contribution in [0, 0.1) is 18.8 Å². The molecule has 1 saturated carbocycles. The van der Waals surface area contributed by atoms with Crippen molar-refractivity contribution in [1.82, 2.24) is 20.4 Å². The highest BCUT2D eigenvalue weighted by Crippen LogP contribution is 2.45. The summed E-state index contributed by atoms with van der Waals surface area (Å²) in [6.07, 6.45) is 3.50. The smallest absolute Gasteiger partial charge is 0.324 e. The summed E-state index contributed by atoms with van der Waals surface area (Å²) >= 11 is 0. The van der Waals surface area contributed by atoms with Gasteiger partial charge in [-0.3, -0.25) is 9.69 Å². The van der Waals surface area contributed by atoms with Gasteiger partial charge in [-0.05, 0) is 50.9 Å². The number of hydrogen-bond donors (Lipinski definition) is 2. The molecule has 1 spiro atoms. The highest BCUT2D eigenvalue weighted by molar-refractivity contribution is 5.95. The molecule has 3 fully saturated rings. The van der Waals surface area contributed by atoms with Gasteiger partial charge in [0.15, 0.2) is 5.79 Å². The Bertz CT molecular complexity index is 841. The second-order valence-electron chi connectivity index (χ2n) is 9.74. The lowest BCUT2D eigenvalue weighted by Crippen LogP contribution is -2.57. The Labute approximate surface area is 197 Å². The maximum Gasteiger partial charge on any atom is 0.324 e. The van der Waals surface area contributed by atoms with Crippen LogP contribution in [0.5, 0.6) is 0 Å². The Hall–Kier alpha value is -2.00. The van der Waals surface area contributed by atoms with Gasteiger partial charge < -0.3 is 25.0 Å². The summed E-state index contributed by atoms with van der Waals surface area (Å²) in [5, 5.41) is 5.93. The molecule has 8 nitrogen and oxygen atoms in total. The summed E-state index contributed by atoms with van der Waals surface area (Å²) in [4.78, 5) is 30.6. The van der Waals surface area contributed by atoms with Gasteiger partial charge in [0.2, 0.25) is 5.91 Å². The molecule has 0 bridgehead atoms. The number of amides is 3. The number of ether oxygens (including phenoxy) is 2. The van der Waals surface area contributed by atoms with Crippen molar-refractivity contribution in [3.8, 4) is 0 Å². The van der Waals surface area contributed by atoms with Crippen molar-refractivity contribution >= 4 is 11.9 Å². The zero-order valence-electron chi connectivity index (χ0n) is 20.1. The van der Waals surface area contributed by atoms with E-state index in [1.54, 1.807) is 0 Å². The predicted molar refractivity (Wildman–Crippen MR) is 126 cm³/mol. The molecule has 2 saturated heterocycles. The highest BCUT2D eigenvalue weighted by Gasteiger charge is 2.49. The van der Waals surface area contributed by atoms with Gasteiger partial charge in [-0.1, -0.05) is 24.3 Å². The van der Waals surface area contributed by atoms with Gasteiger partial charge in [-0.15, -0.1) is 0 Å². The first-order valence-corrected chi connectivity index (χ1v) is 12.2. The molecule has 1 aromatic carbocycles. The SMILES string of the molecule is CNCCNC(=O)N(Cc1ccccc1C)C(=O)[C@@H]1C[C@@H]2CC3(CC[C@H]2N(C)C1)OCCO3. The molecule has 0 unspecified atom stereocenters. The molecule has 2 heterocycles. The molecule has 0 aromatic heterocycles. The standard InChI is InChI=1S/C25H38N4O4/c1-18-6-4-5-7-19(18)17-29(24(31)27-11-10-26-2)23(30)21-14-20-15-25(32-12-13-33-25)9-8-22(20)28(3)16-21/h4-7,20-22,26H,8-17H2,1-3H3,(H,27,31)/t20-,21-,22-/m1/s1. The minimum atomic E-state index is -0.474. The molecular formula is C25H38N4O4. The van der Waals surface area contributed by atoms with Crippen molar-refractivity contribution < 1.29 is 19.1 Å². The number of likely N-dealkylation sites (tertiary alicyclic amines) is 1. The van der Waals surface area contributed by atoms with Crippen molar-refractivity contribution in [2.75, 3.05) is 46.9 Å². The maximum absolute atomic E-state index is 13.8. The van der Waals surface area contributed by atoms with Crippen LogP contribution in [0.15, 0.2) is 24.3 Å². The molecule has 1 aromatic rings. The molecule has 4 rings (SSSR count). The maximum atomic E-state index is 13.8. The van der Waals surface area contributed by atoms with Gasteiger partial charge >= 0.3 is 6.03 Å². The van der Waals surface area contributed by atoms with E-state index in [0.29, 0.717) is 44.8 Å². The first-order valence-electron chi connectivity index (χ1n) is 12.2. The number of fused-ring (bicyclic) bond motifs is 1. The fourth-order valence-electron chi connectivity index (χ4n) is 5.74. The molecule has 8 heteroatoms. The summed E-state index contributed by atoms with van der Waals surface area (Å²) in [5.74, 6) is -0.485. The normalized spacial score (nSPS) is 26.7. The number of carbonyl (C=O) groups excluding carboxylic acids is 2. The number of urea groups is 1. The second kappa shape index (κ2) is 10.5. The number of nitrogens with one attached hydrogen (secondary N) is 2. The molecule has 2 N–H and O–H groups in total. The molecule has 0 radical (unpaired) electrons. The van der Waals surface area contributed by atoms with Crippen LogP contribution < -0.4 is 10.6 Å². The Morgan fingerprint density at radius 3 is 2.70 bits per heavy atom. The molecule has 1 aliphatic carbocycles. The number of benzene rings is 1. The summed E-state index contributed by atoms with van der Waals surface area (Å²) < 4.78 is 12.0. The lowest BCUT2D eigenvalue weighted by Gasteiger charge is -2.49. The molecule has 3 aliphatic rings. The largest absolute Gasteiger partial charge is 0.348 e. The van der Waals surface area contributed by atoms with Crippen LogP contribution in [0.3, 0.4) is 0 Å². The zero-order chi connectivity index (χ0) is 23.4. The molecule has 2 aliphatic heterocycles. The number of imide groups is 1. The summed E-state index contributed by atoms with van der Waals surface area (Å²) in [7, 11) is 3.94. The third kappa shape index (κ3) is 5.40. The van der Waals surface area contributed by atoms with E-state index >= 15 is 0 Å². The molecule has 33 heavy (non-hydrogen) atoms. The Kier molecular flexibility index (Phi) is 7.69. The van der Waals surface area contributed by atoms with Crippen LogP contribution in [0.4, 0.5) is 4.79 Å². The van der Waals surface area contributed by atoms with Crippen molar-refractivity contribution in [1.29, 1.82) is 0 Å². The second-order valence-corrected chi connectivity index (χ2v) is 9.74. The zero-order valence-corrected chi connectivity index (χ0v) is 20.1. The number of piperidine rings is 1. The van der Waals surface area contributed by atoms with E-state index < -0.39 is 5.79 Å². The van der Waals surface area contributed by atoms with E-state index in [1.807, 2.05) is 38.2 Å². The molecule has 3 atom stereocenters. The molecular weight excluding hydrogens is 420 g/mol. The van der Waals surface area contributed by atoms with Crippen LogP contribution >= 0.6 is 0 Å². The lowest BCUT2D eigenvalue weighted by molar-refractivity contribution is -0.202. The fourth-order valence-corrected chi connectivity index (χ4v) is 5.74. The number of hydrogen-bond acceptors (Lipinski definition) is 6. The van der Waals surface area contributed by atoms with E-state index in [2.05, 4.69) is 22.6 Å². The lowest BCUT2D eigenvalue weighted by atomic mass is 9.72. The summed E-state index contributed by atoms with van der Waals surface area (Å²) in [5.41, 5.74) is 2.06. The summed E-state index contributed by atoms with van der Waals surface area (Å²) in [6.45, 7) is 5.37. The van der Waals surface area contributed by atoms with Gasteiger partial charge in [0.05, 0.1) is 25.7 Å². The monoisotopic (exact) mass is 458 g/mol. The molecule has 182 valence electrons. The summed E-state index contributed by atoms with van der Waals surface area (Å²) in [6, 6.07) is 8.03. The van der Waals surface area contributed by atoms with Crippen LogP contribution in [0.25, 0.3) is 0 Å². The fraction of sp³-hybridized carbons (Fsp3) is 0.680. The number of rotatable bonds is 6. The minimum Gasteiger partial charge on any atom is -0.348 e. The predicted octanol–water partition coefficient (Wildman–Crippen LogP) is 2.12. The van der Waals surface area contributed by atoms with Crippen molar-refractivity contribution in [3.05, 3.63) is 35.4 Å². The number of likely N-dealkylation sites (N-methyl/N-ethyl adjacent to an activating group) is 1. The van der Waals surface area contributed by atoms with Crippen molar-refractivity contribution in [2.24, 2.45) is 11.8 Å². The Morgan fingerprint density at radius 1 is 1.21 bits per heavy atom. The molecule has 3 amide bonds. The first kappa shape index (κ1) is 24.1. The van der Waals surface area contributed by atoms with E-state index in [4.69, 9.17) is 9.47 Å². The number of nitrogens with zero attached hydrogens (tertiary/aromatic N) is 2. The van der Waals surface area contributed by atoms with E-state index in [9.17, 15) is 9.59 Å². The van der Waals surface area contributed by atoms with Crippen LogP contribution in [-0.4, -0.2) is 80.5 Å². The average Bonchev–Trinajstić information content (AvgIpc) is 3.25. The third-order valence-electron chi connectivity index (χ3n) is 7.52. The van der Waals surface area contributed by atoms with Gasteiger partial charge in [-0.2, -0.15) is 0 Å². The number of carbonyl (C=O) groups is 2. The van der Waals surface area contributed by atoms with E-state index in [-0.39, 0.29) is 24.4 Å². The first-order chi connectivity index (χ1) is 15.9. The topological polar surface area (TPSA) is 83.1 Å². The highest BCUT2D eigenvalue weighted by atomic mass is 16.7. The quantitative estimate of drug-likeness (QED) is 0.636. The minimum absolute atomic E-state index is 0.0987. The van der Waals surface area contributed by atoms with E-state index in [0.717, 1.165) is 36.8 Å². The van der Waals surface area contributed by atoms with Gasteiger partial charge in [0.25, 0.3) is 0 Å². The van der Waals surface area contributed by atoms with Gasteiger partial charge in [-0.25, -0.2) is 4.79 Å².